The molecule has 6 heteroatoms. The Bertz CT molecular complexity index is 1520. The monoisotopic (exact) mass is 676 g/mol. The molecule has 1 aliphatic heterocycles. The largest absolute Gasteiger partial charge is 0.405 e. The van der Waals surface area contributed by atoms with E-state index in [2.05, 4.69) is 175 Å². The lowest BCUT2D eigenvalue weighted by molar-refractivity contribution is -0.130. The molecule has 0 fully saturated rings. The smallest absolute Gasteiger partial charge is 0.261 e. The SMILES string of the molecule is CC(C)(C)[Si](OC[C@@H]1O[C@H](C=O)CC/C=C\C[C@H]1O[Si](c1ccccc1)(c1ccccc1)C(C)(C)C)(c1ccccc1)c1ccccc1. The number of aldehydes is 1. The first kappa shape index (κ1) is 35.9. The van der Waals surface area contributed by atoms with Crippen molar-refractivity contribution in [1.29, 1.82) is 0 Å². The normalized spacial score (nSPS) is 20.2. The van der Waals surface area contributed by atoms with Crippen LogP contribution in [-0.2, 0) is 18.4 Å². The molecule has 0 N–H and O–H groups in total. The molecule has 3 atom stereocenters. The fourth-order valence-electron chi connectivity index (χ4n) is 7.40. The van der Waals surface area contributed by atoms with Gasteiger partial charge in [0.05, 0.1) is 12.7 Å². The highest BCUT2D eigenvalue weighted by atomic mass is 28.4. The van der Waals surface area contributed by atoms with Gasteiger partial charge in [-0.05, 0) is 50.1 Å². The summed E-state index contributed by atoms with van der Waals surface area (Å²) in [5, 5.41) is 4.43. The van der Waals surface area contributed by atoms with E-state index in [-0.39, 0.29) is 16.2 Å². The Morgan fingerprint density at radius 3 is 1.46 bits per heavy atom. The van der Waals surface area contributed by atoms with Crippen LogP contribution < -0.4 is 20.7 Å². The number of rotatable bonds is 10. The van der Waals surface area contributed by atoms with E-state index in [9.17, 15) is 4.79 Å². The number of carbonyl (C=O) groups excluding carboxylic acids is 1. The minimum atomic E-state index is -2.95. The van der Waals surface area contributed by atoms with E-state index in [4.69, 9.17) is 13.6 Å². The van der Waals surface area contributed by atoms with Crippen molar-refractivity contribution in [2.45, 2.75) is 89.2 Å². The molecule has 4 aromatic rings. The molecule has 252 valence electrons. The number of hydrogen-bond donors (Lipinski definition) is 0. The minimum Gasteiger partial charge on any atom is -0.405 e. The fraction of sp³-hybridized carbons (Fsp3) is 0.357. The van der Waals surface area contributed by atoms with E-state index >= 15 is 0 Å². The summed E-state index contributed by atoms with van der Waals surface area (Å²) in [6.45, 7) is 14.1. The molecule has 1 heterocycles. The second kappa shape index (κ2) is 15.4. The molecule has 5 rings (SSSR count). The Balaban J connectivity index is 1.65. The summed E-state index contributed by atoms with van der Waals surface area (Å²) in [5.41, 5.74) is 0. The topological polar surface area (TPSA) is 44.8 Å². The summed E-state index contributed by atoms with van der Waals surface area (Å²) in [4.78, 5) is 12.5. The van der Waals surface area contributed by atoms with Crippen LogP contribution in [0, 0.1) is 0 Å². The molecule has 0 bridgehead atoms. The van der Waals surface area contributed by atoms with Crippen molar-refractivity contribution in [3.05, 3.63) is 133 Å². The van der Waals surface area contributed by atoms with Gasteiger partial charge < -0.3 is 18.4 Å². The number of allylic oxidation sites excluding steroid dienone is 1. The molecule has 48 heavy (non-hydrogen) atoms. The van der Waals surface area contributed by atoms with Gasteiger partial charge in [0.2, 0.25) is 0 Å². The fourth-order valence-corrected chi connectivity index (χ4v) is 16.7. The van der Waals surface area contributed by atoms with Crippen LogP contribution in [0.2, 0.25) is 10.1 Å². The maximum Gasteiger partial charge on any atom is 0.261 e. The van der Waals surface area contributed by atoms with E-state index in [1.54, 1.807) is 0 Å². The van der Waals surface area contributed by atoms with Crippen LogP contribution >= 0.6 is 0 Å². The van der Waals surface area contributed by atoms with Crippen LogP contribution in [0.5, 0.6) is 0 Å². The minimum absolute atomic E-state index is 0.202. The van der Waals surface area contributed by atoms with Gasteiger partial charge in [-0.25, -0.2) is 0 Å². The summed E-state index contributed by atoms with van der Waals surface area (Å²) >= 11 is 0. The first-order chi connectivity index (χ1) is 23.0. The van der Waals surface area contributed by atoms with Gasteiger partial charge in [-0.3, -0.25) is 0 Å². The van der Waals surface area contributed by atoms with Crippen molar-refractivity contribution in [2.75, 3.05) is 6.61 Å². The second-order valence-electron chi connectivity index (χ2n) is 14.9. The number of carbonyl (C=O) groups is 1. The third-order valence-electron chi connectivity index (χ3n) is 9.69. The van der Waals surface area contributed by atoms with Crippen LogP contribution in [0.25, 0.3) is 0 Å². The van der Waals surface area contributed by atoms with Crippen molar-refractivity contribution < 1.29 is 18.4 Å². The molecule has 0 radical (unpaired) electrons. The van der Waals surface area contributed by atoms with Crippen LogP contribution in [0.3, 0.4) is 0 Å². The zero-order valence-corrected chi connectivity index (χ0v) is 31.5. The first-order valence-electron chi connectivity index (χ1n) is 17.3. The van der Waals surface area contributed by atoms with Gasteiger partial charge in [-0.1, -0.05) is 175 Å². The van der Waals surface area contributed by atoms with Gasteiger partial charge in [-0.15, -0.1) is 0 Å². The second-order valence-corrected chi connectivity index (χ2v) is 23.5. The highest BCUT2D eigenvalue weighted by Gasteiger charge is 2.54. The predicted octanol–water partition coefficient (Wildman–Crippen LogP) is 7.20. The van der Waals surface area contributed by atoms with Gasteiger partial charge in [-0.2, -0.15) is 0 Å². The van der Waals surface area contributed by atoms with Crippen molar-refractivity contribution >= 4 is 43.7 Å². The Hall–Kier alpha value is -3.40. The standard InChI is InChI=1S/C42H52O4Si2/c1-41(2,3)47(35-23-13-8-14-24-35,36-25-15-9-16-26-36)44-33-40-39(31-21-7-12-22-34(32-43)45-40)46-48(42(4,5)6,37-27-17-10-18-28-37)38-29-19-11-20-30-38/h7-11,13-21,23-30,32,34,39-40H,12,22,31,33H2,1-6H3/b21-7-/t34-,39+,40-/m0/s1. The molecule has 0 saturated heterocycles. The highest BCUT2D eigenvalue weighted by molar-refractivity contribution is 7.00. The number of benzene rings is 4. The van der Waals surface area contributed by atoms with E-state index < -0.39 is 28.8 Å². The Kier molecular flexibility index (Phi) is 11.5. The van der Waals surface area contributed by atoms with Gasteiger partial charge in [0.15, 0.2) is 0 Å². The molecule has 0 saturated carbocycles. The molecular weight excluding hydrogens is 625 g/mol. The number of ether oxygens (including phenoxy) is 1. The molecule has 0 unspecified atom stereocenters. The summed E-state index contributed by atoms with van der Waals surface area (Å²) in [5.74, 6) is 0. The van der Waals surface area contributed by atoms with Gasteiger partial charge in [0.1, 0.15) is 18.5 Å². The summed E-state index contributed by atoms with van der Waals surface area (Å²) < 4.78 is 22.1. The Morgan fingerprint density at radius 2 is 1.06 bits per heavy atom. The highest BCUT2D eigenvalue weighted by Crippen LogP contribution is 2.40. The maximum absolute atomic E-state index is 12.5. The Morgan fingerprint density at radius 1 is 0.646 bits per heavy atom. The zero-order chi connectivity index (χ0) is 34.3. The molecule has 0 spiro atoms. The molecular formula is C42H52O4Si2. The van der Waals surface area contributed by atoms with E-state index in [0.717, 1.165) is 12.7 Å². The third kappa shape index (κ3) is 7.43. The molecule has 0 amide bonds. The average Bonchev–Trinajstić information content (AvgIpc) is 3.18. The molecule has 4 aromatic carbocycles. The van der Waals surface area contributed by atoms with Crippen LogP contribution in [0.4, 0.5) is 0 Å². The summed E-state index contributed by atoms with van der Waals surface area (Å²) in [6, 6.07) is 42.8. The van der Waals surface area contributed by atoms with E-state index in [1.807, 2.05) is 0 Å². The predicted molar refractivity (Wildman–Crippen MR) is 204 cm³/mol. The summed E-state index contributed by atoms with van der Waals surface area (Å²) in [6.07, 6.45) is 6.02. The summed E-state index contributed by atoms with van der Waals surface area (Å²) in [7, 11) is -5.84. The quantitative estimate of drug-likeness (QED) is 0.101. The van der Waals surface area contributed by atoms with Crippen LogP contribution in [0.1, 0.15) is 60.8 Å². The van der Waals surface area contributed by atoms with Gasteiger partial charge >= 0.3 is 0 Å². The van der Waals surface area contributed by atoms with Gasteiger partial charge in [0.25, 0.3) is 16.6 Å². The van der Waals surface area contributed by atoms with Crippen molar-refractivity contribution in [1.82, 2.24) is 0 Å². The lowest BCUT2D eigenvalue weighted by atomic mass is 10.1. The van der Waals surface area contributed by atoms with Crippen LogP contribution in [0.15, 0.2) is 133 Å². The lowest BCUT2D eigenvalue weighted by Crippen LogP contribution is -2.69. The maximum atomic E-state index is 12.5. The zero-order valence-electron chi connectivity index (χ0n) is 29.5. The van der Waals surface area contributed by atoms with Gasteiger partial charge in [0, 0.05) is 0 Å². The molecule has 4 nitrogen and oxygen atoms in total. The Labute approximate surface area is 290 Å². The van der Waals surface area contributed by atoms with Crippen molar-refractivity contribution in [2.24, 2.45) is 0 Å². The van der Waals surface area contributed by atoms with E-state index in [0.29, 0.717) is 19.4 Å². The average molecular weight is 677 g/mol. The first-order valence-corrected chi connectivity index (χ1v) is 21.1. The van der Waals surface area contributed by atoms with Crippen LogP contribution in [-0.4, -0.2) is 47.8 Å². The third-order valence-corrected chi connectivity index (χ3v) is 19.8. The molecule has 1 aliphatic rings. The lowest BCUT2D eigenvalue weighted by Gasteiger charge is -2.47. The van der Waals surface area contributed by atoms with E-state index in [1.165, 1.54) is 20.7 Å². The molecule has 0 aliphatic carbocycles. The molecule has 0 aromatic heterocycles. The number of hydrogen-bond acceptors (Lipinski definition) is 4. The van der Waals surface area contributed by atoms with Crippen molar-refractivity contribution in [3.63, 3.8) is 0 Å². The van der Waals surface area contributed by atoms with Crippen molar-refractivity contribution in [3.8, 4) is 0 Å².